The summed E-state index contributed by atoms with van der Waals surface area (Å²) in [6, 6.07) is 17.2. The Balaban J connectivity index is 1.51. The van der Waals surface area contributed by atoms with Gasteiger partial charge in [-0.15, -0.1) is 0 Å². The number of hydrogen-bond donors (Lipinski definition) is 2. The first kappa shape index (κ1) is 15.1. The minimum atomic E-state index is -0.236. The molecular weight excluding hydrogens is 314 g/mol. The summed E-state index contributed by atoms with van der Waals surface area (Å²) in [6.45, 7) is 1.90. The van der Waals surface area contributed by atoms with Crippen molar-refractivity contribution < 1.29 is 4.79 Å². The van der Waals surface area contributed by atoms with E-state index in [2.05, 4.69) is 20.4 Å². The van der Waals surface area contributed by atoms with E-state index >= 15 is 0 Å². The molecule has 6 heteroatoms. The fourth-order valence-corrected chi connectivity index (χ4v) is 2.69. The van der Waals surface area contributed by atoms with Gasteiger partial charge >= 0.3 is 0 Å². The van der Waals surface area contributed by atoms with E-state index in [4.69, 9.17) is 0 Å². The Morgan fingerprint density at radius 3 is 2.68 bits per heavy atom. The van der Waals surface area contributed by atoms with E-state index in [0.29, 0.717) is 5.56 Å². The molecule has 4 rings (SSSR count). The number of H-pyrrole nitrogens is 1. The molecule has 1 amide bonds. The predicted octanol–water partition coefficient (Wildman–Crippen LogP) is 3.24. The summed E-state index contributed by atoms with van der Waals surface area (Å²) >= 11 is 0. The molecule has 0 aliphatic carbocycles. The van der Waals surface area contributed by atoms with Gasteiger partial charge in [-0.3, -0.25) is 4.79 Å². The summed E-state index contributed by atoms with van der Waals surface area (Å²) < 4.78 is 1.68. The summed E-state index contributed by atoms with van der Waals surface area (Å²) in [5.74, 6) is 0.542. The highest BCUT2D eigenvalue weighted by Crippen LogP contribution is 2.16. The molecule has 2 heterocycles. The van der Waals surface area contributed by atoms with Crippen LogP contribution >= 0.6 is 0 Å². The lowest BCUT2D eigenvalue weighted by atomic mass is 10.2. The van der Waals surface area contributed by atoms with Crippen molar-refractivity contribution in [2.75, 3.05) is 0 Å². The number of imidazole rings is 1. The number of nitrogens with one attached hydrogen (secondary N) is 2. The average molecular weight is 331 g/mol. The van der Waals surface area contributed by atoms with Crippen LogP contribution in [0.25, 0.3) is 16.7 Å². The van der Waals surface area contributed by atoms with E-state index in [1.165, 1.54) is 0 Å². The van der Waals surface area contributed by atoms with Crippen LogP contribution in [0.15, 0.2) is 67.0 Å². The number of carbonyl (C=O) groups excluding carboxylic acids is 1. The van der Waals surface area contributed by atoms with Gasteiger partial charge in [-0.2, -0.15) is 5.10 Å². The predicted molar refractivity (Wildman–Crippen MR) is 95.5 cm³/mol. The maximum atomic E-state index is 12.5. The molecule has 0 bridgehead atoms. The molecule has 0 saturated heterocycles. The normalized spacial score (nSPS) is 12.2. The number of amides is 1. The zero-order valence-corrected chi connectivity index (χ0v) is 13.7. The van der Waals surface area contributed by atoms with Crippen LogP contribution in [0.5, 0.6) is 0 Å². The Hall–Kier alpha value is -3.41. The number of nitrogens with zero attached hydrogens (tertiary/aromatic N) is 3. The van der Waals surface area contributed by atoms with E-state index < -0.39 is 0 Å². The lowest BCUT2D eigenvalue weighted by Gasteiger charge is -2.10. The first-order valence-corrected chi connectivity index (χ1v) is 8.06. The SMILES string of the molecule is C[C@H](NC(=O)c1cnn(-c2ccccc2)c1)c1nc2ccccc2[nH]1. The van der Waals surface area contributed by atoms with Crippen LogP contribution in [0.3, 0.4) is 0 Å². The number of benzene rings is 2. The molecule has 0 radical (unpaired) electrons. The van der Waals surface area contributed by atoms with Crippen molar-refractivity contribution in [3.05, 3.63) is 78.4 Å². The highest BCUT2D eigenvalue weighted by Gasteiger charge is 2.16. The number of aromatic nitrogens is 4. The second-order valence-electron chi connectivity index (χ2n) is 5.84. The second kappa shape index (κ2) is 6.24. The Labute approximate surface area is 144 Å². The molecule has 0 fully saturated rings. The molecule has 0 aliphatic heterocycles. The number of hydrogen-bond acceptors (Lipinski definition) is 3. The Morgan fingerprint density at radius 2 is 1.88 bits per heavy atom. The van der Waals surface area contributed by atoms with Gasteiger partial charge in [0, 0.05) is 6.20 Å². The van der Waals surface area contributed by atoms with Gasteiger partial charge in [0.15, 0.2) is 0 Å². The summed E-state index contributed by atoms with van der Waals surface area (Å²) in [5, 5.41) is 7.21. The molecule has 124 valence electrons. The van der Waals surface area contributed by atoms with Crippen molar-refractivity contribution >= 4 is 16.9 Å². The van der Waals surface area contributed by atoms with Gasteiger partial charge in [-0.1, -0.05) is 30.3 Å². The van der Waals surface area contributed by atoms with Crippen LogP contribution in [0, 0.1) is 0 Å². The van der Waals surface area contributed by atoms with E-state index in [0.717, 1.165) is 22.5 Å². The molecule has 0 aliphatic rings. The molecule has 4 aromatic rings. The van der Waals surface area contributed by atoms with Crippen LogP contribution in [0.1, 0.15) is 29.1 Å². The van der Waals surface area contributed by atoms with Gasteiger partial charge in [-0.05, 0) is 31.2 Å². The van der Waals surface area contributed by atoms with Gasteiger partial charge in [0.1, 0.15) is 5.82 Å². The smallest absolute Gasteiger partial charge is 0.255 e. The fraction of sp³-hybridized carbons (Fsp3) is 0.105. The van der Waals surface area contributed by atoms with Gasteiger partial charge in [-0.25, -0.2) is 9.67 Å². The number of fused-ring (bicyclic) bond motifs is 1. The van der Waals surface area contributed by atoms with Crippen molar-refractivity contribution in [3.8, 4) is 5.69 Å². The lowest BCUT2D eigenvalue weighted by molar-refractivity contribution is 0.0938. The number of carbonyl (C=O) groups is 1. The second-order valence-corrected chi connectivity index (χ2v) is 5.84. The van der Waals surface area contributed by atoms with Crippen molar-refractivity contribution in [3.63, 3.8) is 0 Å². The van der Waals surface area contributed by atoms with Crippen LogP contribution in [0.2, 0.25) is 0 Å². The largest absolute Gasteiger partial charge is 0.342 e. The van der Waals surface area contributed by atoms with Gasteiger partial charge in [0.2, 0.25) is 0 Å². The summed E-state index contributed by atoms with van der Waals surface area (Å²) in [6.07, 6.45) is 3.28. The first-order chi connectivity index (χ1) is 12.2. The molecule has 1 atom stereocenters. The molecular formula is C19H17N5O. The molecule has 6 nitrogen and oxygen atoms in total. The minimum Gasteiger partial charge on any atom is -0.342 e. The fourth-order valence-electron chi connectivity index (χ4n) is 2.69. The molecule has 0 saturated carbocycles. The van der Waals surface area contributed by atoms with Crippen LogP contribution in [-0.2, 0) is 0 Å². The molecule has 0 spiro atoms. The lowest BCUT2D eigenvalue weighted by Crippen LogP contribution is -2.27. The number of rotatable bonds is 4. The van der Waals surface area contributed by atoms with Crippen molar-refractivity contribution in [1.29, 1.82) is 0 Å². The van der Waals surface area contributed by atoms with Crippen molar-refractivity contribution in [2.45, 2.75) is 13.0 Å². The number of aromatic amines is 1. The molecule has 25 heavy (non-hydrogen) atoms. The summed E-state index contributed by atoms with van der Waals surface area (Å²) in [4.78, 5) is 20.2. The quantitative estimate of drug-likeness (QED) is 0.603. The monoisotopic (exact) mass is 331 g/mol. The highest BCUT2D eigenvalue weighted by atomic mass is 16.1. The third kappa shape index (κ3) is 3.01. The van der Waals surface area contributed by atoms with Gasteiger partial charge in [0.05, 0.1) is 34.5 Å². The third-order valence-electron chi connectivity index (χ3n) is 4.03. The average Bonchev–Trinajstić information content (AvgIpc) is 3.29. The summed E-state index contributed by atoms with van der Waals surface area (Å²) in [5.41, 5.74) is 3.25. The first-order valence-electron chi connectivity index (χ1n) is 8.06. The third-order valence-corrected chi connectivity index (χ3v) is 4.03. The Kier molecular flexibility index (Phi) is 3.78. The summed E-state index contributed by atoms with van der Waals surface area (Å²) in [7, 11) is 0. The maximum absolute atomic E-state index is 12.5. The highest BCUT2D eigenvalue weighted by molar-refractivity contribution is 5.94. The molecule has 2 N–H and O–H groups in total. The molecule has 2 aromatic heterocycles. The van der Waals surface area contributed by atoms with E-state index in [9.17, 15) is 4.79 Å². The van der Waals surface area contributed by atoms with Crippen LogP contribution in [-0.4, -0.2) is 25.7 Å². The number of para-hydroxylation sites is 3. The van der Waals surface area contributed by atoms with E-state index in [1.807, 2.05) is 61.5 Å². The van der Waals surface area contributed by atoms with E-state index in [-0.39, 0.29) is 11.9 Å². The zero-order chi connectivity index (χ0) is 17.2. The topological polar surface area (TPSA) is 75.6 Å². The zero-order valence-electron chi connectivity index (χ0n) is 13.7. The maximum Gasteiger partial charge on any atom is 0.255 e. The van der Waals surface area contributed by atoms with Gasteiger partial charge < -0.3 is 10.3 Å². The standard InChI is InChI=1S/C19H17N5O/c1-13(18-22-16-9-5-6-10-17(16)23-18)21-19(25)14-11-20-24(12-14)15-7-3-2-4-8-15/h2-13H,1H3,(H,21,25)(H,22,23)/t13-/m0/s1. The molecule has 0 unspecified atom stereocenters. The van der Waals surface area contributed by atoms with E-state index in [1.54, 1.807) is 17.1 Å². The minimum absolute atomic E-state index is 0.185. The Morgan fingerprint density at radius 1 is 1.12 bits per heavy atom. The Bertz CT molecular complexity index is 985. The van der Waals surface area contributed by atoms with Gasteiger partial charge in [0.25, 0.3) is 5.91 Å². The van der Waals surface area contributed by atoms with Crippen LogP contribution < -0.4 is 5.32 Å². The molecule has 2 aromatic carbocycles. The van der Waals surface area contributed by atoms with Crippen LogP contribution in [0.4, 0.5) is 0 Å². The van der Waals surface area contributed by atoms with Crippen molar-refractivity contribution in [2.24, 2.45) is 0 Å². The van der Waals surface area contributed by atoms with Crippen molar-refractivity contribution in [1.82, 2.24) is 25.1 Å².